The van der Waals surface area contributed by atoms with E-state index in [1.54, 1.807) is 12.4 Å². The summed E-state index contributed by atoms with van der Waals surface area (Å²) >= 11 is 0. The number of aromatic nitrogens is 3. The van der Waals surface area contributed by atoms with Gasteiger partial charge < -0.3 is 10.1 Å². The molecule has 6 nitrogen and oxygen atoms in total. The molecule has 1 aromatic carbocycles. The zero-order valence-electron chi connectivity index (χ0n) is 9.82. The van der Waals surface area contributed by atoms with Crippen molar-refractivity contribution in [2.75, 3.05) is 6.54 Å². The van der Waals surface area contributed by atoms with E-state index in [4.69, 9.17) is 4.74 Å². The Hall–Kier alpha value is -2.37. The molecule has 2 aromatic rings. The van der Waals surface area contributed by atoms with E-state index in [0.717, 1.165) is 5.56 Å². The minimum Gasteiger partial charge on any atom is -0.445 e. The molecule has 0 radical (unpaired) electrons. The lowest BCUT2D eigenvalue weighted by Crippen LogP contribution is -2.28. The van der Waals surface area contributed by atoms with Gasteiger partial charge in [-0.3, -0.25) is 0 Å². The molecular formula is C12H14N4O2. The third-order valence-electron chi connectivity index (χ3n) is 2.26. The Labute approximate surface area is 105 Å². The van der Waals surface area contributed by atoms with Gasteiger partial charge in [0.15, 0.2) is 0 Å². The van der Waals surface area contributed by atoms with Crippen LogP contribution < -0.4 is 5.32 Å². The Morgan fingerprint density at radius 3 is 2.67 bits per heavy atom. The molecule has 0 aliphatic carbocycles. The molecule has 0 fully saturated rings. The molecule has 1 heterocycles. The van der Waals surface area contributed by atoms with Gasteiger partial charge in [0.05, 0.1) is 18.9 Å². The van der Waals surface area contributed by atoms with Crippen LogP contribution in [0.2, 0.25) is 0 Å². The smallest absolute Gasteiger partial charge is 0.407 e. The molecule has 0 aliphatic rings. The van der Waals surface area contributed by atoms with Crippen molar-refractivity contribution in [3.8, 4) is 0 Å². The minimum atomic E-state index is -0.439. The average molecular weight is 246 g/mol. The van der Waals surface area contributed by atoms with Crippen LogP contribution in [0, 0.1) is 0 Å². The van der Waals surface area contributed by atoms with Crippen molar-refractivity contribution in [3.05, 3.63) is 48.3 Å². The molecule has 0 saturated carbocycles. The lowest BCUT2D eigenvalue weighted by molar-refractivity contribution is 0.139. The van der Waals surface area contributed by atoms with Gasteiger partial charge in [0, 0.05) is 6.54 Å². The van der Waals surface area contributed by atoms with Crippen molar-refractivity contribution in [2.24, 2.45) is 0 Å². The number of amides is 1. The summed E-state index contributed by atoms with van der Waals surface area (Å²) in [7, 11) is 0. The number of alkyl carbamates (subject to hydrolysis) is 1. The predicted molar refractivity (Wildman–Crippen MR) is 64.7 cm³/mol. The maximum Gasteiger partial charge on any atom is 0.407 e. The average Bonchev–Trinajstić information content (AvgIpc) is 2.91. The Morgan fingerprint density at radius 1 is 1.22 bits per heavy atom. The highest BCUT2D eigenvalue weighted by Crippen LogP contribution is 2.00. The second-order valence-corrected chi connectivity index (χ2v) is 3.61. The molecule has 0 spiro atoms. The summed E-state index contributed by atoms with van der Waals surface area (Å²) in [6.45, 7) is 1.22. The third kappa shape index (κ3) is 3.89. The fraction of sp³-hybridized carbons (Fsp3) is 0.250. The largest absolute Gasteiger partial charge is 0.445 e. The van der Waals surface area contributed by atoms with Gasteiger partial charge in [-0.25, -0.2) is 4.79 Å². The zero-order valence-corrected chi connectivity index (χ0v) is 9.82. The Morgan fingerprint density at radius 2 is 1.94 bits per heavy atom. The fourth-order valence-electron chi connectivity index (χ4n) is 1.39. The number of hydrogen-bond acceptors (Lipinski definition) is 4. The van der Waals surface area contributed by atoms with E-state index in [9.17, 15) is 4.79 Å². The van der Waals surface area contributed by atoms with Crippen LogP contribution in [-0.2, 0) is 17.9 Å². The molecule has 0 unspecified atom stereocenters. The lowest BCUT2D eigenvalue weighted by Gasteiger charge is -2.06. The van der Waals surface area contributed by atoms with Crippen molar-refractivity contribution < 1.29 is 9.53 Å². The highest BCUT2D eigenvalue weighted by atomic mass is 16.5. The van der Waals surface area contributed by atoms with E-state index in [2.05, 4.69) is 15.5 Å². The van der Waals surface area contributed by atoms with Gasteiger partial charge in [0.25, 0.3) is 0 Å². The number of ether oxygens (including phenoxy) is 1. The molecule has 0 bridgehead atoms. The Balaban J connectivity index is 1.63. The van der Waals surface area contributed by atoms with Crippen LogP contribution in [0.1, 0.15) is 5.56 Å². The lowest BCUT2D eigenvalue weighted by atomic mass is 10.2. The van der Waals surface area contributed by atoms with Gasteiger partial charge in [-0.2, -0.15) is 15.0 Å². The highest BCUT2D eigenvalue weighted by Gasteiger charge is 2.01. The number of carbonyl (C=O) groups is 1. The van der Waals surface area contributed by atoms with Crippen LogP contribution in [0.3, 0.4) is 0 Å². The number of carbonyl (C=O) groups excluding carboxylic acids is 1. The van der Waals surface area contributed by atoms with E-state index in [1.807, 2.05) is 30.3 Å². The van der Waals surface area contributed by atoms with Gasteiger partial charge in [0.1, 0.15) is 6.61 Å². The van der Waals surface area contributed by atoms with E-state index < -0.39 is 6.09 Å². The molecule has 0 aliphatic heterocycles. The number of nitrogens with one attached hydrogen (secondary N) is 1. The first kappa shape index (κ1) is 12.1. The maximum absolute atomic E-state index is 11.4. The van der Waals surface area contributed by atoms with Crippen LogP contribution in [-0.4, -0.2) is 27.6 Å². The second kappa shape index (κ2) is 6.39. The molecular weight excluding hydrogens is 232 g/mol. The van der Waals surface area contributed by atoms with Crippen molar-refractivity contribution in [3.63, 3.8) is 0 Å². The van der Waals surface area contributed by atoms with Crippen LogP contribution in [0.5, 0.6) is 0 Å². The van der Waals surface area contributed by atoms with Crippen molar-refractivity contribution >= 4 is 6.09 Å². The molecule has 18 heavy (non-hydrogen) atoms. The first-order valence-electron chi connectivity index (χ1n) is 5.63. The van der Waals surface area contributed by atoms with E-state index in [0.29, 0.717) is 13.1 Å². The molecule has 1 N–H and O–H groups in total. The van der Waals surface area contributed by atoms with Crippen molar-refractivity contribution in [1.82, 2.24) is 20.3 Å². The monoisotopic (exact) mass is 246 g/mol. The number of nitrogens with zero attached hydrogens (tertiary/aromatic N) is 3. The summed E-state index contributed by atoms with van der Waals surface area (Å²) in [4.78, 5) is 12.9. The summed E-state index contributed by atoms with van der Waals surface area (Å²) in [6, 6.07) is 9.53. The van der Waals surface area contributed by atoms with Crippen LogP contribution >= 0.6 is 0 Å². The Kier molecular flexibility index (Phi) is 4.29. The van der Waals surface area contributed by atoms with Gasteiger partial charge in [-0.05, 0) is 5.56 Å². The van der Waals surface area contributed by atoms with Crippen LogP contribution in [0.25, 0.3) is 0 Å². The summed E-state index contributed by atoms with van der Waals surface area (Å²) in [5, 5.41) is 10.5. The number of rotatable bonds is 5. The molecule has 1 amide bonds. The summed E-state index contributed by atoms with van der Waals surface area (Å²) < 4.78 is 5.05. The SMILES string of the molecule is O=C(NCCn1nccn1)OCc1ccccc1. The van der Waals surface area contributed by atoms with E-state index in [1.165, 1.54) is 4.80 Å². The Bertz CT molecular complexity index is 470. The molecule has 2 rings (SSSR count). The number of hydrogen-bond donors (Lipinski definition) is 1. The van der Waals surface area contributed by atoms with Gasteiger partial charge in [-0.15, -0.1) is 0 Å². The van der Waals surface area contributed by atoms with Gasteiger partial charge in [-0.1, -0.05) is 30.3 Å². The van der Waals surface area contributed by atoms with Crippen LogP contribution in [0.15, 0.2) is 42.7 Å². The first-order chi connectivity index (χ1) is 8.84. The number of benzene rings is 1. The second-order valence-electron chi connectivity index (χ2n) is 3.61. The molecule has 0 saturated heterocycles. The standard InChI is InChI=1S/C12H14N4O2/c17-12(13-8-9-16-14-6-7-15-16)18-10-11-4-2-1-3-5-11/h1-7H,8-10H2,(H,13,17). The topological polar surface area (TPSA) is 69.0 Å². The minimum absolute atomic E-state index is 0.271. The summed E-state index contributed by atoms with van der Waals surface area (Å²) in [5.41, 5.74) is 0.960. The van der Waals surface area contributed by atoms with Crippen molar-refractivity contribution in [2.45, 2.75) is 13.2 Å². The molecule has 1 aromatic heterocycles. The maximum atomic E-state index is 11.4. The predicted octanol–water partition coefficient (Wildman–Crippen LogP) is 1.20. The molecule has 6 heteroatoms. The molecule has 94 valence electrons. The normalized spacial score (nSPS) is 10.0. The summed E-state index contributed by atoms with van der Waals surface area (Å²) in [5.74, 6) is 0. The van der Waals surface area contributed by atoms with Gasteiger partial charge in [0.2, 0.25) is 0 Å². The third-order valence-corrected chi connectivity index (χ3v) is 2.26. The van der Waals surface area contributed by atoms with Gasteiger partial charge >= 0.3 is 6.09 Å². The first-order valence-corrected chi connectivity index (χ1v) is 5.63. The van der Waals surface area contributed by atoms with Crippen LogP contribution in [0.4, 0.5) is 4.79 Å². The highest BCUT2D eigenvalue weighted by molar-refractivity contribution is 5.67. The quantitative estimate of drug-likeness (QED) is 0.860. The zero-order chi connectivity index (χ0) is 12.6. The van der Waals surface area contributed by atoms with Crippen molar-refractivity contribution in [1.29, 1.82) is 0 Å². The van der Waals surface area contributed by atoms with E-state index >= 15 is 0 Å². The molecule has 0 atom stereocenters. The fourth-order valence-corrected chi connectivity index (χ4v) is 1.39. The van der Waals surface area contributed by atoms with E-state index in [-0.39, 0.29) is 6.61 Å². The summed E-state index contributed by atoms with van der Waals surface area (Å²) in [6.07, 6.45) is 2.74.